The van der Waals surface area contributed by atoms with E-state index in [0.717, 1.165) is 11.3 Å². The number of nitrogens with zero attached hydrogens (tertiary/aromatic N) is 2. The molecule has 0 aliphatic rings. The first-order valence-electron chi connectivity index (χ1n) is 5.48. The lowest BCUT2D eigenvalue weighted by atomic mass is 10.1. The maximum atomic E-state index is 11.5. The lowest BCUT2D eigenvalue weighted by molar-refractivity contribution is 0.0526. The van der Waals surface area contributed by atoms with Crippen LogP contribution in [0.1, 0.15) is 17.3 Å². The summed E-state index contributed by atoms with van der Waals surface area (Å²) in [7, 11) is 1.87. The molecular weight excluding hydrogens is 216 g/mol. The van der Waals surface area contributed by atoms with Gasteiger partial charge in [-0.15, -0.1) is 0 Å². The summed E-state index contributed by atoms with van der Waals surface area (Å²) in [5.41, 5.74) is 2.44. The molecule has 4 heteroatoms. The SMILES string of the molecule is CCOC(=O)c1ccc(-c2ccn(C)n2)cc1. The fourth-order valence-corrected chi connectivity index (χ4v) is 1.56. The highest BCUT2D eigenvalue weighted by molar-refractivity contribution is 5.89. The Kier molecular flexibility index (Phi) is 3.23. The lowest BCUT2D eigenvalue weighted by Crippen LogP contribution is -2.04. The summed E-state index contributed by atoms with van der Waals surface area (Å²) >= 11 is 0. The molecule has 0 fully saturated rings. The largest absolute Gasteiger partial charge is 0.462 e. The Morgan fingerprint density at radius 2 is 2.00 bits per heavy atom. The minimum Gasteiger partial charge on any atom is -0.462 e. The molecule has 2 aromatic rings. The van der Waals surface area contributed by atoms with Crippen molar-refractivity contribution in [2.45, 2.75) is 6.92 Å². The van der Waals surface area contributed by atoms with Gasteiger partial charge in [0.25, 0.3) is 0 Å². The standard InChI is InChI=1S/C13H14N2O2/c1-3-17-13(16)11-6-4-10(5-7-11)12-8-9-15(2)14-12/h4-9H,3H2,1-2H3. The van der Waals surface area contributed by atoms with E-state index in [9.17, 15) is 4.79 Å². The van der Waals surface area contributed by atoms with E-state index in [4.69, 9.17) is 4.74 Å². The molecule has 2 rings (SSSR count). The fraction of sp³-hybridized carbons (Fsp3) is 0.231. The van der Waals surface area contributed by atoms with Crippen LogP contribution in [0.4, 0.5) is 0 Å². The molecule has 0 unspecified atom stereocenters. The molecule has 0 radical (unpaired) electrons. The van der Waals surface area contributed by atoms with Crippen LogP contribution in [0.5, 0.6) is 0 Å². The number of esters is 1. The molecule has 0 N–H and O–H groups in total. The normalized spacial score (nSPS) is 10.2. The predicted molar refractivity (Wildman–Crippen MR) is 64.6 cm³/mol. The highest BCUT2D eigenvalue weighted by Gasteiger charge is 2.07. The zero-order chi connectivity index (χ0) is 12.3. The van der Waals surface area contributed by atoms with Crippen LogP contribution < -0.4 is 0 Å². The van der Waals surface area contributed by atoms with Crippen LogP contribution in [0.25, 0.3) is 11.3 Å². The van der Waals surface area contributed by atoms with Crippen LogP contribution in [0.2, 0.25) is 0 Å². The highest BCUT2D eigenvalue weighted by atomic mass is 16.5. The summed E-state index contributed by atoms with van der Waals surface area (Å²) in [6.07, 6.45) is 1.88. The van der Waals surface area contributed by atoms with Gasteiger partial charge in [0, 0.05) is 18.8 Å². The fourth-order valence-electron chi connectivity index (χ4n) is 1.56. The minimum atomic E-state index is -0.292. The van der Waals surface area contributed by atoms with Gasteiger partial charge in [-0.1, -0.05) is 12.1 Å². The van der Waals surface area contributed by atoms with Crippen molar-refractivity contribution >= 4 is 5.97 Å². The third kappa shape index (κ3) is 2.53. The first kappa shape index (κ1) is 11.4. The maximum Gasteiger partial charge on any atom is 0.338 e. The van der Waals surface area contributed by atoms with Gasteiger partial charge in [0.05, 0.1) is 17.9 Å². The molecule has 0 atom stereocenters. The van der Waals surface area contributed by atoms with Gasteiger partial charge >= 0.3 is 5.97 Å². The predicted octanol–water partition coefficient (Wildman–Crippen LogP) is 2.26. The summed E-state index contributed by atoms with van der Waals surface area (Å²) in [5.74, 6) is -0.292. The number of rotatable bonds is 3. The van der Waals surface area contributed by atoms with Gasteiger partial charge in [-0.25, -0.2) is 4.79 Å². The summed E-state index contributed by atoms with van der Waals surface area (Å²) in [6.45, 7) is 2.18. The molecule has 0 saturated heterocycles. The first-order valence-corrected chi connectivity index (χ1v) is 5.48. The van der Waals surface area contributed by atoms with Crippen LogP contribution in [0.3, 0.4) is 0 Å². The average Bonchev–Trinajstić information content (AvgIpc) is 2.76. The quantitative estimate of drug-likeness (QED) is 0.760. The van der Waals surface area contributed by atoms with Crippen molar-refractivity contribution in [1.82, 2.24) is 9.78 Å². The molecule has 1 aromatic heterocycles. The third-order valence-electron chi connectivity index (χ3n) is 2.41. The Morgan fingerprint density at radius 1 is 1.29 bits per heavy atom. The van der Waals surface area contributed by atoms with Gasteiger partial charge in [0.2, 0.25) is 0 Å². The van der Waals surface area contributed by atoms with E-state index in [1.54, 1.807) is 23.7 Å². The zero-order valence-corrected chi connectivity index (χ0v) is 9.88. The smallest absolute Gasteiger partial charge is 0.338 e. The van der Waals surface area contributed by atoms with Crippen LogP contribution in [0, 0.1) is 0 Å². The maximum absolute atomic E-state index is 11.5. The van der Waals surface area contributed by atoms with Gasteiger partial charge in [-0.3, -0.25) is 4.68 Å². The molecule has 0 saturated carbocycles. The molecule has 1 aromatic carbocycles. The van der Waals surface area contributed by atoms with Crippen molar-refractivity contribution in [3.8, 4) is 11.3 Å². The van der Waals surface area contributed by atoms with Gasteiger partial charge in [0.1, 0.15) is 0 Å². The second kappa shape index (κ2) is 4.82. The van der Waals surface area contributed by atoms with Crippen molar-refractivity contribution < 1.29 is 9.53 Å². The highest BCUT2D eigenvalue weighted by Crippen LogP contribution is 2.17. The molecular formula is C13H14N2O2. The Labute approximate surface area is 99.8 Å². The Bertz CT molecular complexity index is 514. The van der Waals surface area contributed by atoms with Crippen LogP contribution in [0.15, 0.2) is 36.5 Å². The van der Waals surface area contributed by atoms with Gasteiger partial charge in [-0.05, 0) is 25.1 Å². The van der Waals surface area contributed by atoms with Crippen molar-refractivity contribution in [3.05, 3.63) is 42.1 Å². The number of hydrogen-bond donors (Lipinski definition) is 0. The van der Waals surface area contributed by atoms with Crippen LogP contribution in [-0.4, -0.2) is 22.4 Å². The number of benzene rings is 1. The average molecular weight is 230 g/mol. The van der Waals surface area contributed by atoms with Crippen molar-refractivity contribution in [3.63, 3.8) is 0 Å². The molecule has 1 heterocycles. The zero-order valence-electron chi connectivity index (χ0n) is 9.88. The van der Waals surface area contributed by atoms with Crippen molar-refractivity contribution in [1.29, 1.82) is 0 Å². The lowest BCUT2D eigenvalue weighted by Gasteiger charge is -2.02. The van der Waals surface area contributed by atoms with E-state index in [1.807, 2.05) is 31.4 Å². The summed E-state index contributed by atoms with van der Waals surface area (Å²) in [5, 5.41) is 4.29. The molecule has 4 nitrogen and oxygen atoms in total. The summed E-state index contributed by atoms with van der Waals surface area (Å²) < 4.78 is 6.66. The summed E-state index contributed by atoms with van der Waals surface area (Å²) in [6, 6.07) is 9.17. The Morgan fingerprint density at radius 3 is 2.53 bits per heavy atom. The topological polar surface area (TPSA) is 44.1 Å². The molecule has 88 valence electrons. The third-order valence-corrected chi connectivity index (χ3v) is 2.41. The van der Waals surface area contributed by atoms with Crippen LogP contribution >= 0.6 is 0 Å². The van der Waals surface area contributed by atoms with Crippen molar-refractivity contribution in [2.24, 2.45) is 7.05 Å². The van der Waals surface area contributed by atoms with E-state index in [2.05, 4.69) is 5.10 Å². The number of aryl methyl sites for hydroxylation is 1. The minimum absolute atomic E-state index is 0.292. The van der Waals surface area contributed by atoms with Crippen molar-refractivity contribution in [2.75, 3.05) is 6.61 Å². The molecule has 0 bridgehead atoms. The Hall–Kier alpha value is -2.10. The number of hydrogen-bond acceptors (Lipinski definition) is 3. The first-order chi connectivity index (χ1) is 8.20. The second-order valence-corrected chi connectivity index (χ2v) is 3.67. The monoisotopic (exact) mass is 230 g/mol. The Balaban J connectivity index is 2.21. The van der Waals surface area contributed by atoms with E-state index < -0.39 is 0 Å². The molecule has 17 heavy (non-hydrogen) atoms. The van der Waals surface area contributed by atoms with Gasteiger partial charge < -0.3 is 4.74 Å². The number of carbonyl (C=O) groups is 1. The molecule has 0 spiro atoms. The van der Waals surface area contributed by atoms with E-state index in [0.29, 0.717) is 12.2 Å². The number of carbonyl (C=O) groups excluding carboxylic acids is 1. The van der Waals surface area contributed by atoms with E-state index >= 15 is 0 Å². The molecule has 0 amide bonds. The molecule has 0 aliphatic heterocycles. The van der Waals surface area contributed by atoms with Crippen LogP contribution in [-0.2, 0) is 11.8 Å². The van der Waals surface area contributed by atoms with E-state index in [-0.39, 0.29) is 5.97 Å². The second-order valence-electron chi connectivity index (χ2n) is 3.67. The number of aromatic nitrogens is 2. The summed E-state index contributed by atoms with van der Waals surface area (Å²) in [4.78, 5) is 11.5. The van der Waals surface area contributed by atoms with E-state index in [1.165, 1.54) is 0 Å². The number of ether oxygens (including phenoxy) is 1. The van der Waals surface area contributed by atoms with Gasteiger partial charge in [-0.2, -0.15) is 5.10 Å². The molecule has 0 aliphatic carbocycles. The van der Waals surface area contributed by atoms with Gasteiger partial charge in [0.15, 0.2) is 0 Å².